The van der Waals surface area contributed by atoms with E-state index >= 15 is 0 Å². The van der Waals surface area contributed by atoms with Crippen molar-refractivity contribution in [2.24, 2.45) is 0 Å². The first-order chi connectivity index (χ1) is 11.3. The smallest absolute Gasteiger partial charge is 0.399 e. The maximum atomic E-state index is 14.8. The molecule has 4 nitrogen and oxygen atoms in total. The number of hydrogen-bond donors (Lipinski definition) is 0. The molecule has 0 radical (unpaired) electrons. The fourth-order valence-corrected chi connectivity index (χ4v) is 2.83. The topological polar surface area (TPSA) is 36.9 Å². The SMILES string of the molecule is CC1(C)OB(c2ccc(B3OC(C)(C)C(C)(C)O3)c(F)c2)OC1(C)C. The predicted molar refractivity (Wildman–Crippen MR) is 97.8 cm³/mol. The van der Waals surface area contributed by atoms with Crippen LogP contribution in [0, 0.1) is 5.82 Å². The van der Waals surface area contributed by atoms with Crippen molar-refractivity contribution in [2.45, 2.75) is 77.8 Å². The Balaban J connectivity index is 1.84. The Labute approximate surface area is 150 Å². The van der Waals surface area contributed by atoms with E-state index < -0.39 is 36.6 Å². The average molecular weight is 348 g/mol. The van der Waals surface area contributed by atoms with E-state index in [0.717, 1.165) is 0 Å². The molecule has 2 aliphatic heterocycles. The van der Waals surface area contributed by atoms with Crippen molar-refractivity contribution in [3.05, 3.63) is 24.0 Å². The Hall–Kier alpha value is -0.880. The van der Waals surface area contributed by atoms with Crippen molar-refractivity contribution < 1.29 is 23.0 Å². The molecule has 25 heavy (non-hydrogen) atoms. The van der Waals surface area contributed by atoms with Crippen LogP contribution in [0.2, 0.25) is 0 Å². The molecule has 7 heteroatoms. The molecule has 3 rings (SSSR count). The van der Waals surface area contributed by atoms with Gasteiger partial charge in [-0.05, 0) is 66.9 Å². The molecule has 0 N–H and O–H groups in total. The van der Waals surface area contributed by atoms with Gasteiger partial charge in [0.15, 0.2) is 0 Å². The number of rotatable bonds is 2. The van der Waals surface area contributed by atoms with Crippen LogP contribution in [0.25, 0.3) is 0 Å². The summed E-state index contributed by atoms with van der Waals surface area (Å²) >= 11 is 0. The summed E-state index contributed by atoms with van der Waals surface area (Å²) in [5, 5.41) is 0. The van der Waals surface area contributed by atoms with Gasteiger partial charge in [-0.1, -0.05) is 12.1 Å². The standard InChI is InChI=1S/C18H27B2FO4/c1-15(2)16(3,4)23-19(22-15)12-9-10-13(14(21)11-12)20-24-17(5,6)18(7,8)25-20/h9-11H,1-8H3. The lowest BCUT2D eigenvalue weighted by atomic mass is 9.73. The third-order valence-corrected chi connectivity index (χ3v) is 6.06. The van der Waals surface area contributed by atoms with Gasteiger partial charge in [-0.25, -0.2) is 4.39 Å². The molecule has 1 aromatic carbocycles. The van der Waals surface area contributed by atoms with Crippen LogP contribution in [0.3, 0.4) is 0 Å². The molecule has 0 aromatic heterocycles. The van der Waals surface area contributed by atoms with E-state index in [1.807, 2.05) is 61.5 Å². The van der Waals surface area contributed by atoms with Gasteiger partial charge in [-0.15, -0.1) is 0 Å². The van der Waals surface area contributed by atoms with Crippen LogP contribution in [0.1, 0.15) is 55.4 Å². The zero-order valence-electron chi connectivity index (χ0n) is 16.4. The Morgan fingerprint density at radius 2 is 1.08 bits per heavy atom. The van der Waals surface area contributed by atoms with Gasteiger partial charge < -0.3 is 18.6 Å². The number of benzene rings is 1. The van der Waals surface area contributed by atoms with Crippen LogP contribution < -0.4 is 10.9 Å². The van der Waals surface area contributed by atoms with E-state index in [0.29, 0.717) is 10.9 Å². The summed E-state index contributed by atoms with van der Waals surface area (Å²) in [6.45, 7) is 15.7. The van der Waals surface area contributed by atoms with E-state index in [1.54, 1.807) is 6.07 Å². The highest BCUT2D eigenvalue weighted by Gasteiger charge is 2.54. The Bertz CT molecular complexity index is 656. The Morgan fingerprint density at radius 3 is 1.48 bits per heavy atom. The fraction of sp³-hybridized carbons (Fsp3) is 0.667. The molecular weight excluding hydrogens is 321 g/mol. The van der Waals surface area contributed by atoms with Crippen molar-refractivity contribution in [3.8, 4) is 0 Å². The van der Waals surface area contributed by atoms with E-state index in [9.17, 15) is 4.39 Å². The summed E-state index contributed by atoms with van der Waals surface area (Å²) in [5.41, 5.74) is -0.893. The van der Waals surface area contributed by atoms with Crippen LogP contribution in [-0.2, 0) is 18.6 Å². The normalized spacial score (nSPS) is 26.3. The van der Waals surface area contributed by atoms with Crippen LogP contribution >= 0.6 is 0 Å². The van der Waals surface area contributed by atoms with Crippen molar-refractivity contribution in [3.63, 3.8) is 0 Å². The van der Waals surface area contributed by atoms with Crippen LogP contribution in [0.5, 0.6) is 0 Å². The summed E-state index contributed by atoms with van der Waals surface area (Å²) < 4.78 is 38.6. The van der Waals surface area contributed by atoms with Crippen molar-refractivity contribution in [1.29, 1.82) is 0 Å². The summed E-state index contributed by atoms with van der Waals surface area (Å²) in [5.74, 6) is -0.384. The van der Waals surface area contributed by atoms with Gasteiger partial charge in [0.1, 0.15) is 5.82 Å². The number of halogens is 1. The van der Waals surface area contributed by atoms with Crippen LogP contribution in [0.15, 0.2) is 18.2 Å². The zero-order valence-corrected chi connectivity index (χ0v) is 16.4. The Morgan fingerprint density at radius 1 is 0.680 bits per heavy atom. The van der Waals surface area contributed by atoms with Gasteiger partial charge in [-0.2, -0.15) is 0 Å². The van der Waals surface area contributed by atoms with Gasteiger partial charge in [-0.3, -0.25) is 0 Å². The van der Waals surface area contributed by atoms with E-state index in [2.05, 4.69) is 0 Å². The highest BCUT2D eigenvalue weighted by molar-refractivity contribution is 6.64. The van der Waals surface area contributed by atoms with Crippen LogP contribution in [0.4, 0.5) is 4.39 Å². The summed E-state index contributed by atoms with van der Waals surface area (Å²) in [6.07, 6.45) is 0. The molecule has 2 saturated heterocycles. The maximum absolute atomic E-state index is 14.8. The molecule has 2 aliphatic rings. The van der Waals surface area contributed by atoms with Gasteiger partial charge in [0, 0.05) is 5.46 Å². The lowest BCUT2D eigenvalue weighted by molar-refractivity contribution is 0.00578. The summed E-state index contributed by atoms with van der Waals surface area (Å²) in [6, 6.07) is 4.95. The second kappa shape index (κ2) is 5.56. The quantitative estimate of drug-likeness (QED) is 0.770. The van der Waals surface area contributed by atoms with Crippen LogP contribution in [-0.4, -0.2) is 36.6 Å². The largest absolute Gasteiger partial charge is 0.497 e. The van der Waals surface area contributed by atoms with E-state index in [-0.39, 0.29) is 5.82 Å². The highest BCUT2D eigenvalue weighted by Crippen LogP contribution is 2.37. The van der Waals surface area contributed by atoms with E-state index in [4.69, 9.17) is 18.6 Å². The zero-order chi connectivity index (χ0) is 18.8. The minimum absolute atomic E-state index is 0.384. The number of hydrogen-bond acceptors (Lipinski definition) is 4. The third-order valence-electron chi connectivity index (χ3n) is 6.06. The summed E-state index contributed by atoms with van der Waals surface area (Å²) in [4.78, 5) is 0. The monoisotopic (exact) mass is 348 g/mol. The second-order valence-corrected chi connectivity index (χ2v) is 8.96. The van der Waals surface area contributed by atoms with E-state index in [1.165, 1.54) is 6.07 Å². The third kappa shape index (κ3) is 3.05. The lowest BCUT2D eigenvalue weighted by Crippen LogP contribution is -2.41. The molecule has 2 heterocycles. The predicted octanol–water partition coefficient (Wildman–Crippen LogP) is 2.42. The molecule has 0 spiro atoms. The highest BCUT2D eigenvalue weighted by atomic mass is 19.1. The minimum Gasteiger partial charge on any atom is -0.399 e. The first-order valence-electron chi connectivity index (χ1n) is 8.76. The lowest BCUT2D eigenvalue weighted by Gasteiger charge is -2.32. The van der Waals surface area contributed by atoms with Gasteiger partial charge in [0.05, 0.1) is 22.4 Å². The second-order valence-electron chi connectivity index (χ2n) is 8.96. The molecular formula is C18H27B2FO4. The molecule has 2 fully saturated rings. The molecule has 1 aromatic rings. The molecule has 136 valence electrons. The van der Waals surface area contributed by atoms with Gasteiger partial charge >= 0.3 is 14.2 Å². The van der Waals surface area contributed by atoms with Gasteiger partial charge in [0.2, 0.25) is 0 Å². The molecule has 0 aliphatic carbocycles. The van der Waals surface area contributed by atoms with Gasteiger partial charge in [0.25, 0.3) is 0 Å². The molecule has 0 atom stereocenters. The minimum atomic E-state index is -0.725. The molecule has 0 unspecified atom stereocenters. The molecule has 0 amide bonds. The van der Waals surface area contributed by atoms with Crippen molar-refractivity contribution in [1.82, 2.24) is 0 Å². The fourth-order valence-electron chi connectivity index (χ4n) is 2.83. The first-order valence-corrected chi connectivity index (χ1v) is 8.76. The molecule has 0 bridgehead atoms. The average Bonchev–Trinajstić information content (AvgIpc) is 2.78. The van der Waals surface area contributed by atoms with Crippen molar-refractivity contribution >= 4 is 25.2 Å². The maximum Gasteiger partial charge on any atom is 0.497 e. The Kier molecular flexibility index (Phi) is 4.20. The molecule has 0 saturated carbocycles. The van der Waals surface area contributed by atoms with Crippen molar-refractivity contribution in [2.75, 3.05) is 0 Å². The summed E-state index contributed by atoms with van der Waals surface area (Å²) in [7, 11) is -1.32. The first kappa shape index (κ1) is 18.9.